The number of carbonyl (C=O) groups is 1. The van der Waals surface area contributed by atoms with Gasteiger partial charge in [-0.15, -0.1) is 0 Å². The summed E-state index contributed by atoms with van der Waals surface area (Å²) >= 11 is 0. The lowest BCUT2D eigenvalue weighted by molar-refractivity contribution is 0.0906. The van der Waals surface area contributed by atoms with Crippen molar-refractivity contribution < 1.29 is 24.1 Å². The lowest BCUT2D eigenvalue weighted by Gasteiger charge is -2.23. The van der Waals surface area contributed by atoms with E-state index in [1.54, 1.807) is 13.2 Å². The second-order valence-electron chi connectivity index (χ2n) is 8.19. The number of carbonyl (C=O) groups excluding carboxylic acids is 1. The fraction of sp³-hybridized carbons (Fsp3) is 0.222. The average molecular weight is 459 g/mol. The van der Waals surface area contributed by atoms with Gasteiger partial charge in [-0.05, 0) is 53.4 Å². The molecule has 0 unspecified atom stereocenters. The Morgan fingerprint density at radius 2 is 1.88 bits per heavy atom. The zero-order chi connectivity index (χ0) is 23.5. The van der Waals surface area contributed by atoms with E-state index in [1.165, 1.54) is 0 Å². The number of para-hydroxylation sites is 1. The van der Waals surface area contributed by atoms with E-state index >= 15 is 0 Å². The van der Waals surface area contributed by atoms with Crippen molar-refractivity contribution in [2.24, 2.45) is 0 Å². The number of H-pyrrole nitrogens is 1. The number of aliphatic hydroxyl groups excluding tert-OH is 1. The third-order valence-corrected chi connectivity index (χ3v) is 6.01. The van der Waals surface area contributed by atoms with Crippen molar-refractivity contribution in [3.05, 3.63) is 78.0 Å². The van der Waals surface area contributed by atoms with Crippen LogP contribution in [0.1, 0.15) is 15.9 Å². The molecule has 0 radical (unpaired) electrons. The molecule has 0 bridgehead atoms. The number of rotatable bonds is 7. The normalized spacial score (nSPS) is 13.5. The summed E-state index contributed by atoms with van der Waals surface area (Å²) in [5, 5.41) is 14.1. The maximum Gasteiger partial charge on any atom is 0.255 e. The highest BCUT2D eigenvalue weighted by Crippen LogP contribution is 2.39. The Balaban J connectivity index is 1.43. The number of benzene rings is 3. The first-order chi connectivity index (χ1) is 16.7. The summed E-state index contributed by atoms with van der Waals surface area (Å²) in [7, 11) is 1.62. The molecular formula is C27H26N2O5. The third kappa shape index (κ3) is 4.30. The molecular weight excluding hydrogens is 432 g/mol. The molecule has 34 heavy (non-hydrogen) atoms. The predicted octanol–water partition coefficient (Wildman–Crippen LogP) is 3.95. The van der Waals surface area contributed by atoms with Gasteiger partial charge in [-0.3, -0.25) is 4.79 Å². The minimum Gasteiger partial charge on any atom is -0.497 e. The number of methoxy groups -OCH3 is 1. The molecule has 1 aromatic heterocycles. The Bertz CT molecular complexity index is 1310. The van der Waals surface area contributed by atoms with E-state index in [1.807, 2.05) is 60.8 Å². The van der Waals surface area contributed by atoms with Gasteiger partial charge < -0.3 is 29.6 Å². The Morgan fingerprint density at radius 1 is 1.09 bits per heavy atom. The lowest BCUT2D eigenvalue weighted by Crippen LogP contribution is -2.39. The topological polar surface area (TPSA) is 92.8 Å². The Morgan fingerprint density at radius 3 is 2.68 bits per heavy atom. The van der Waals surface area contributed by atoms with Crippen LogP contribution in [0.15, 0.2) is 66.9 Å². The van der Waals surface area contributed by atoms with Crippen molar-refractivity contribution in [1.29, 1.82) is 0 Å². The Labute approximate surface area is 197 Å². The van der Waals surface area contributed by atoms with Gasteiger partial charge in [0.25, 0.3) is 5.91 Å². The predicted molar refractivity (Wildman–Crippen MR) is 130 cm³/mol. The summed E-state index contributed by atoms with van der Waals surface area (Å²) in [6.45, 7) is 0.594. The monoisotopic (exact) mass is 458 g/mol. The van der Waals surface area contributed by atoms with Crippen molar-refractivity contribution in [1.82, 2.24) is 10.3 Å². The zero-order valence-electron chi connectivity index (χ0n) is 18.8. The van der Waals surface area contributed by atoms with Crippen LogP contribution in [0.3, 0.4) is 0 Å². The van der Waals surface area contributed by atoms with E-state index in [0.717, 1.165) is 33.3 Å². The van der Waals surface area contributed by atoms with Gasteiger partial charge in [0, 0.05) is 17.1 Å². The number of amides is 1. The number of fused-ring (bicyclic) bond motifs is 2. The van der Waals surface area contributed by atoms with E-state index < -0.39 is 6.04 Å². The largest absolute Gasteiger partial charge is 0.497 e. The molecule has 0 spiro atoms. The molecule has 0 fully saturated rings. The molecule has 0 aliphatic carbocycles. The summed E-state index contributed by atoms with van der Waals surface area (Å²) < 4.78 is 16.9. The van der Waals surface area contributed by atoms with Crippen LogP contribution in [0.2, 0.25) is 0 Å². The van der Waals surface area contributed by atoms with Crippen LogP contribution in [0, 0.1) is 0 Å². The molecule has 5 rings (SSSR count). The highest BCUT2D eigenvalue weighted by atomic mass is 16.6. The first-order valence-electron chi connectivity index (χ1n) is 11.2. The number of ether oxygens (including phenoxy) is 3. The molecule has 1 atom stereocenters. The number of aliphatic hydroxyl groups is 1. The quantitative estimate of drug-likeness (QED) is 0.390. The summed E-state index contributed by atoms with van der Waals surface area (Å²) in [5.74, 6) is 1.38. The van der Waals surface area contributed by atoms with Gasteiger partial charge in [0.2, 0.25) is 0 Å². The number of nitrogens with one attached hydrogen (secondary N) is 2. The molecule has 7 nitrogen and oxygen atoms in total. The molecule has 0 saturated carbocycles. The van der Waals surface area contributed by atoms with E-state index in [2.05, 4.69) is 10.3 Å². The molecule has 4 aromatic rings. The minimum absolute atomic E-state index is 0.192. The fourth-order valence-electron chi connectivity index (χ4n) is 4.26. The molecule has 1 aliphatic heterocycles. The minimum atomic E-state index is -0.462. The number of aromatic nitrogens is 1. The molecule has 7 heteroatoms. The van der Waals surface area contributed by atoms with Crippen LogP contribution >= 0.6 is 0 Å². The van der Waals surface area contributed by atoms with Gasteiger partial charge >= 0.3 is 0 Å². The zero-order valence-corrected chi connectivity index (χ0v) is 18.8. The van der Waals surface area contributed by atoms with Crippen LogP contribution in [-0.2, 0) is 6.42 Å². The first kappa shape index (κ1) is 21.9. The molecule has 0 saturated heterocycles. The molecule has 3 aromatic carbocycles. The highest BCUT2D eigenvalue weighted by Gasteiger charge is 2.25. The maximum absolute atomic E-state index is 13.4. The van der Waals surface area contributed by atoms with Crippen LogP contribution in [0.5, 0.6) is 17.2 Å². The van der Waals surface area contributed by atoms with E-state index in [-0.39, 0.29) is 12.5 Å². The molecule has 1 aliphatic rings. The molecule has 174 valence electrons. The smallest absolute Gasteiger partial charge is 0.255 e. The van der Waals surface area contributed by atoms with Crippen molar-refractivity contribution >= 4 is 16.8 Å². The van der Waals surface area contributed by atoms with E-state index in [9.17, 15) is 9.90 Å². The lowest BCUT2D eigenvalue weighted by atomic mass is 10.00. The van der Waals surface area contributed by atoms with Gasteiger partial charge in [-0.1, -0.05) is 30.3 Å². The van der Waals surface area contributed by atoms with E-state index in [0.29, 0.717) is 36.7 Å². The maximum atomic E-state index is 13.4. The van der Waals surface area contributed by atoms with Crippen molar-refractivity contribution in [3.63, 3.8) is 0 Å². The van der Waals surface area contributed by atoms with Gasteiger partial charge in [0.15, 0.2) is 11.5 Å². The van der Waals surface area contributed by atoms with Crippen LogP contribution in [0.4, 0.5) is 0 Å². The summed E-state index contributed by atoms with van der Waals surface area (Å²) in [4.78, 5) is 16.6. The summed E-state index contributed by atoms with van der Waals surface area (Å²) in [6.07, 6.45) is 2.41. The van der Waals surface area contributed by atoms with Gasteiger partial charge in [-0.2, -0.15) is 0 Å². The number of hydrogen-bond acceptors (Lipinski definition) is 5. The van der Waals surface area contributed by atoms with Gasteiger partial charge in [0.1, 0.15) is 19.0 Å². The summed E-state index contributed by atoms with van der Waals surface area (Å²) in [5.41, 5.74) is 4.18. The molecule has 3 N–H and O–H groups in total. The summed E-state index contributed by atoms with van der Waals surface area (Å²) in [6, 6.07) is 18.8. The fourth-order valence-corrected chi connectivity index (χ4v) is 4.26. The second kappa shape index (κ2) is 9.49. The molecule has 2 heterocycles. The van der Waals surface area contributed by atoms with Crippen molar-refractivity contribution in [3.8, 4) is 28.4 Å². The Kier molecular flexibility index (Phi) is 6.10. The van der Waals surface area contributed by atoms with Crippen LogP contribution < -0.4 is 19.5 Å². The SMILES string of the molecule is COc1ccc(-c2cc3c(c(C(=O)N[C@@H](CO)Cc4c[nH]c5ccccc45)c2)OCCO3)cc1. The number of hydrogen-bond donors (Lipinski definition) is 3. The molecule has 1 amide bonds. The Hall–Kier alpha value is -3.97. The number of aromatic amines is 1. The highest BCUT2D eigenvalue weighted by molar-refractivity contribution is 5.99. The first-order valence-corrected chi connectivity index (χ1v) is 11.2. The standard InChI is InChI=1S/C27H26N2O5/c1-32-21-8-6-17(7-9-21)18-13-23(26-25(14-18)33-10-11-34-26)27(31)29-20(16-30)12-19-15-28-24-5-3-2-4-22(19)24/h2-9,13-15,20,28,30H,10-12,16H2,1H3,(H,29,31)/t20-/m1/s1. The van der Waals surface area contributed by atoms with Crippen molar-refractivity contribution in [2.45, 2.75) is 12.5 Å². The van der Waals surface area contributed by atoms with Crippen molar-refractivity contribution in [2.75, 3.05) is 26.9 Å². The second-order valence-corrected chi connectivity index (χ2v) is 8.19. The van der Waals surface area contributed by atoms with Crippen LogP contribution in [0.25, 0.3) is 22.0 Å². The van der Waals surface area contributed by atoms with Gasteiger partial charge in [0.05, 0.1) is 25.3 Å². The van der Waals surface area contributed by atoms with Gasteiger partial charge in [-0.25, -0.2) is 0 Å². The third-order valence-electron chi connectivity index (χ3n) is 6.01. The van der Waals surface area contributed by atoms with E-state index in [4.69, 9.17) is 14.2 Å². The van der Waals surface area contributed by atoms with Crippen LogP contribution in [-0.4, -0.2) is 49.0 Å². The average Bonchev–Trinajstić information content (AvgIpc) is 3.30.